The minimum Gasteiger partial charge on any atom is -0.310 e. The Morgan fingerprint density at radius 3 is 2.72 bits per heavy atom. The highest BCUT2D eigenvalue weighted by Crippen LogP contribution is 2.35. The third-order valence-electron chi connectivity index (χ3n) is 4.22. The average Bonchev–Trinajstić information content (AvgIpc) is 2.87. The molecule has 1 heterocycles. The number of rotatable bonds is 6. The van der Waals surface area contributed by atoms with Crippen LogP contribution in [-0.4, -0.2) is 6.54 Å². The van der Waals surface area contributed by atoms with Crippen molar-refractivity contribution in [3.63, 3.8) is 0 Å². The second-order valence-electron chi connectivity index (χ2n) is 5.51. The van der Waals surface area contributed by atoms with Gasteiger partial charge in [0.15, 0.2) is 0 Å². The first kappa shape index (κ1) is 14.1. The minimum absolute atomic E-state index is 0.605. The van der Waals surface area contributed by atoms with Crippen molar-refractivity contribution in [2.75, 3.05) is 6.54 Å². The Hall–Kier alpha value is -0.340. The zero-order valence-electron chi connectivity index (χ0n) is 11.9. The first-order valence-corrected chi connectivity index (χ1v) is 8.52. The van der Waals surface area contributed by atoms with E-state index < -0.39 is 0 Å². The molecule has 18 heavy (non-hydrogen) atoms. The average molecular weight is 265 g/mol. The van der Waals surface area contributed by atoms with Crippen molar-refractivity contribution in [1.29, 1.82) is 0 Å². The Morgan fingerprint density at radius 2 is 2.06 bits per heavy atom. The lowest BCUT2D eigenvalue weighted by Gasteiger charge is -2.27. The molecule has 1 aromatic heterocycles. The number of thiophene rings is 1. The molecule has 1 aromatic rings. The highest BCUT2D eigenvalue weighted by molar-refractivity contribution is 7.10. The van der Waals surface area contributed by atoms with Crippen LogP contribution >= 0.6 is 11.3 Å². The zero-order chi connectivity index (χ0) is 12.8. The van der Waals surface area contributed by atoms with E-state index in [4.69, 9.17) is 0 Å². The van der Waals surface area contributed by atoms with Gasteiger partial charge in [-0.1, -0.05) is 46.0 Å². The van der Waals surface area contributed by atoms with Gasteiger partial charge < -0.3 is 5.32 Å². The summed E-state index contributed by atoms with van der Waals surface area (Å²) in [5.74, 6) is 0.953. The molecular weight excluding hydrogens is 238 g/mol. The summed E-state index contributed by atoms with van der Waals surface area (Å²) >= 11 is 1.95. The lowest BCUT2D eigenvalue weighted by atomic mass is 9.84. The molecule has 102 valence electrons. The first-order chi connectivity index (χ1) is 8.85. The highest BCUT2D eigenvalue weighted by Gasteiger charge is 2.21. The van der Waals surface area contributed by atoms with E-state index in [2.05, 4.69) is 30.6 Å². The van der Waals surface area contributed by atoms with E-state index in [-0.39, 0.29) is 0 Å². The molecule has 1 aliphatic carbocycles. The molecule has 2 rings (SSSR count). The van der Waals surface area contributed by atoms with Crippen molar-refractivity contribution < 1.29 is 0 Å². The van der Waals surface area contributed by atoms with Gasteiger partial charge in [0, 0.05) is 10.9 Å². The lowest BCUT2D eigenvalue weighted by Crippen LogP contribution is -2.24. The summed E-state index contributed by atoms with van der Waals surface area (Å²) in [5.41, 5.74) is 1.56. The summed E-state index contributed by atoms with van der Waals surface area (Å²) in [6, 6.07) is 2.92. The predicted octanol–water partition coefficient (Wildman–Crippen LogP) is 4.93. The number of aryl methyl sites for hydroxylation is 1. The maximum Gasteiger partial charge on any atom is 0.0420 e. The fraction of sp³-hybridized carbons (Fsp3) is 0.750. The summed E-state index contributed by atoms with van der Waals surface area (Å²) in [5, 5.41) is 5.98. The summed E-state index contributed by atoms with van der Waals surface area (Å²) in [6.07, 6.45) is 9.79. The van der Waals surface area contributed by atoms with Crippen LogP contribution in [0.2, 0.25) is 0 Å². The Bertz CT molecular complexity index is 339. The number of nitrogens with one attached hydrogen (secondary N) is 1. The second-order valence-corrected chi connectivity index (χ2v) is 6.46. The van der Waals surface area contributed by atoms with Crippen molar-refractivity contribution in [2.24, 2.45) is 5.92 Å². The third kappa shape index (κ3) is 3.58. The van der Waals surface area contributed by atoms with Gasteiger partial charge in [-0.05, 0) is 42.3 Å². The zero-order valence-corrected chi connectivity index (χ0v) is 12.7. The fourth-order valence-electron chi connectivity index (χ4n) is 3.23. The normalized spacial score (nSPS) is 19.0. The molecule has 1 nitrogen and oxygen atoms in total. The highest BCUT2D eigenvalue weighted by atomic mass is 32.1. The van der Waals surface area contributed by atoms with Gasteiger partial charge in [-0.15, -0.1) is 11.3 Å². The van der Waals surface area contributed by atoms with Gasteiger partial charge in [0.25, 0.3) is 0 Å². The smallest absolute Gasteiger partial charge is 0.0420 e. The van der Waals surface area contributed by atoms with E-state index in [1.165, 1.54) is 44.9 Å². The van der Waals surface area contributed by atoms with Crippen LogP contribution < -0.4 is 5.32 Å². The van der Waals surface area contributed by atoms with Gasteiger partial charge in [0.1, 0.15) is 0 Å². The molecule has 1 atom stereocenters. The van der Waals surface area contributed by atoms with E-state index in [0.29, 0.717) is 6.04 Å². The minimum atomic E-state index is 0.605. The standard InChI is InChI=1S/C16H27NS/c1-3-14-10-11-18-16(14)15(17-4-2)12-13-8-6-5-7-9-13/h10-11,13,15,17H,3-9,12H2,1-2H3. The van der Waals surface area contributed by atoms with Crippen LogP contribution in [0.3, 0.4) is 0 Å². The maximum absolute atomic E-state index is 3.72. The van der Waals surface area contributed by atoms with E-state index in [1.807, 2.05) is 11.3 Å². The van der Waals surface area contributed by atoms with Crippen LogP contribution in [0.1, 0.15) is 68.9 Å². The molecule has 1 fully saturated rings. The van der Waals surface area contributed by atoms with Crippen molar-refractivity contribution in [3.8, 4) is 0 Å². The fourth-order valence-corrected chi connectivity index (χ4v) is 4.32. The Balaban J connectivity index is 2.02. The SMILES string of the molecule is CCNC(CC1CCCCC1)c1sccc1CC. The molecule has 1 saturated carbocycles. The summed E-state index contributed by atoms with van der Waals surface area (Å²) < 4.78 is 0. The van der Waals surface area contributed by atoms with E-state index in [1.54, 1.807) is 10.4 Å². The van der Waals surface area contributed by atoms with Gasteiger partial charge in [0.05, 0.1) is 0 Å². The quantitative estimate of drug-likeness (QED) is 0.769. The van der Waals surface area contributed by atoms with Crippen LogP contribution in [0.5, 0.6) is 0 Å². The molecule has 0 spiro atoms. The topological polar surface area (TPSA) is 12.0 Å². The van der Waals surface area contributed by atoms with E-state index >= 15 is 0 Å². The van der Waals surface area contributed by atoms with Gasteiger partial charge in [0.2, 0.25) is 0 Å². The maximum atomic E-state index is 3.72. The second kappa shape index (κ2) is 7.30. The largest absolute Gasteiger partial charge is 0.310 e. The Kier molecular flexibility index (Phi) is 5.71. The Morgan fingerprint density at radius 1 is 1.28 bits per heavy atom. The Labute approximate surface area is 116 Å². The summed E-state index contributed by atoms with van der Waals surface area (Å²) in [7, 11) is 0. The van der Waals surface area contributed by atoms with E-state index in [0.717, 1.165) is 12.5 Å². The van der Waals surface area contributed by atoms with Gasteiger partial charge >= 0.3 is 0 Å². The molecule has 1 aliphatic rings. The molecule has 2 heteroatoms. The van der Waals surface area contributed by atoms with Crippen LogP contribution in [-0.2, 0) is 6.42 Å². The molecular formula is C16H27NS. The monoisotopic (exact) mass is 265 g/mol. The molecule has 0 bridgehead atoms. The van der Waals surface area contributed by atoms with E-state index in [9.17, 15) is 0 Å². The van der Waals surface area contributed by atoms with Gasteiger partial charge in [-0.3, -0.25) is 0 Å². The first-order valence-electron chi connectivity index (χ1n) is 7.64. The molecule has 0 aliphatic heterocycles. The van der Waals surface area contributed by atoms with Crippen molar-refractivity contribution in [2.45, 2.75) is 64.8 Å². The van der Waals surface area contributed by atoms with Gasteiger partial charge in [-0.2, -0.15) is 0 Å². The van der Waals surface area contributed by atoms with Crippen LogP contribution in [0.25, 0.3) is 0 Å². The van der Waals surface area contributed by atoms with Gasteiger partial charge in [-0.25, -0.2) is 0 Å². The third-order valence-corrected chi connectivity index (χ3v) is 5.30. The molecule has 1 N–H and O–H groups in total. The predicted molar refractivity (Wildman–Crippen MR) is 81.3 cm³/mol. The molecule has 0 amide bonds. The van der Waals surface area contributed by atoms with Crippen LogP contribution in [0.15, 0.2) is 11.4 Å². The summed E-state index contributed by atoms with van der Waals surface area (Å²) in [6.45, 7) is 5.58. The van der Waals surface area contributed by atoms with Crippen molar-refractivity contribution in [3.05, 3.63) is 21.9 Å². The van der Waals surface area contributed by atoms with Crippen LogP contribution in [0, 0.1) is 5.92 Å². The summed E-state index contributed by atoms with van der Waals surface area (Å²) in [4.78, 5) is 1.60. The molecule has 0 aromatic carbocycles. The molecule has 0 radical (unpaired) electrons. The number of hydrogen-bond donors (Lipinski definition) is 1. The van der Waals surface area contributed by atoms with Crippen LogP contribution in [0.4, 0.5) is 0 Å². The molecule has 0 saturated heterocycles. The molecule has 1 unspecified atom stereocenters. The van der Waals surface area contributed by atoms with Crippen molar-refractivity contribution >= 4 is 11.3 Å². The number of hydrogen-bond acceptors (Lipinski definition) is 2. The van der Waals surface area contributed by atoms with Crippen molar-refractivity contribution in [1.82, 2.24) is 5.32 Å². The lowest BCUT2D eigenvalue weighted by molar-refractivity contribution is 0.303.